The minimum atomic E-state index is -3.87. The summed E-state index contributed by atoms with van der Waals surface area (Å²) >= 11 is 12.4. The lowest BCUT2D eigenvalue weighted by molar-refractivity contribution is -0.139. The quantitative estimate of drug-likeness (QED) is 0.245. The van der Waals surface area contributed by atoms with Crippen molar-refractivity contribution in [3.05, 3.63) is 88.4 Å². The Morgan fingerprint density at radius 3 is 2.23 bits per heavy atom. The minimum Gasteiger partial charge on any atom is -0.457 e. The fraction of sp³-hybridized carbons (Fsp3) is 0.310. The highest BCUT2D eigenvalue weighted by molar-refractivity contribution is 7.92. The number of benzene rings is 3. The lowest BCUT2D eigenvalue weighted by Crippen LogP contribution is -2.51. The summed E-state index contributed by atoms with van der Waals surface area (Å²) in [6.07, 6.45) is 2.72. The van der Waals surface area contributed by atoms with Crippen molar-refractivity contribution < 1.29 is 22.7 Å². The van der Waals surface area contributed by atoms with E-state index in [-0.39, 0.29) is 18.1 Å². The first-order valence-corrected chi connectivity index (χ1v) is 15.4. The van der Waals surface area contributed by atoms with E-state index in [9.17, 15) is 18.0 Å². The molecular formula is C29H33Cl2N3O5S. The van der Waals surface area contributed by atoms with Gasteiger partial charge in [0.25, 0.3) is 0 Å². The van der Waals surface area contributed by atoms with E-state index in [1.165, 1.54) is 4.90 Å². The normalized spacial score (nSPS) is 11.9. The molecule has 0 saturated carbocycles. The molecule has 40 heavy (non-hydrogen) atoms. The number of nitrogens with zero attached hydrogens (tertiary/aromatic N) is 2. The molecular weight excluding hydrogens is 573 g/mol. The molecule has 214 valence electrons. The summed E-state index contributed by atoms with van der Waals surface area (Å²) in [5.41, 5.74) is 0.849. The zero-order valence-electron chi connectivity index (χ0n) is 22.6. The number of carbonyl (C=O) groups excluding carboxylic acids is 2. The molecule has 1 atom stereocenters. The summed E-state index contributed by atoms with van der Waals surface area (Å²) in [5, 5.41) is 3.60. The summed E-state index contributed by atoms with van der Waals surface area (Å²) in [4.78, 5) is 27.9. The van der Waals surface area contributed by atoms with Crippen LogP contribution in [0.4, 0.5) is 5.69 Å². The number of amides is 2. The molecule has 3 aromatic carbocycles. The van der Waals surface area contributed by atoms with Crippen molar-refractivity contribution in [3.63, 3.8) is 0 Å². The van der Waals surface area contributed by atoms with Crippen molar-refractivity contribution in [2.75, 3.05) is 23.7 Å². The first-order valence-electron chi connectivity index (χ1n) is 12.8. The predicted octanol–water partition coefficient (Wildman–Crippen LogP) is 5.89. The molecule has 0 saturated heterocycles. The van der Waals surface area contributed by atoms with Crippen molar-refractivity contribution in [2.24, 2.45) is 0 Å². The molecule has 8 nitrogen and oxygen atoms in total. The summed E-state index contributed by atoms with van der Waals surface area (Å²) in [5.74, 6) is 0.221. The van der Waals surface area contributed by atoms with Gasteiger partial charge in [0.1, 0.15) is 24.1 Å². The molecule has 3 rings (SSSR count). The Bertz CT molecular complexity index is 1400. The summed E-state index contributed by atoms with van der Waals surface area (Å²) < 4.78 is 32.4. The molecule has 1 unspecified atom stereocenters. The molecule has 0 aliphatic heterocycles. The second-order valence-electron chi connectivity index (χ2n) is 9.26. The third-order valence-electron chi connectivity index (χ3n) is 6.14. The van der Waals surface area contributed by atoms with Gasteiger partial charge in [0.2, 0.25) is 21.8 Å². The van der Waals surface area contributed by atoms with E-state index in [1.807, 2.05) is 25.1 Å². The van der Waals surface area contributed by atoms with Crippen LogP contribution >= 0.6 is 23.2 Å². The third-order valence-corrected chi connectivity index (χ3v) is 7.86. The van der Waals surface area contributed by atoms with Crippen LogP contribution in [0.25, 0.3) is 0 Å². The van der Waals surface area contributed by atoms with Gasteiger partial charge in [-0.05, 0) is 67.4 Å². The molecule has 0 heterocycles. The number of nitrogens with one attached hydrogen (secondary N) is 1. The largest absolute Gasteiger partial charge is 0.457 e. The molecule has 3 aromatic rings. The molecule has 0 aliphatic carbocycles. The second-order valence-corrected chi connectivity index (χ2v) is 12.0. The van der Waals surface area contributed by atoms with Gasteiger partial charge in [-0.3, -0.25) is 13.9 Å². The molecule has 11 heteroatoms. The van der Waals surface area contributed by atoms with Gasteiger partial charge < -0.3 is 15.0 Å². The molecule has 0 aromatic heterocycles. The maximum absolute atomic E-state index is 13.7. The van der Waals surface area contributed by atoms with Gasteiger partial charge in [0.05, 0.1) is 11.9 Å². The summed E-state index contributed by atoms with van der Waals surface area (Å²) in [6.45, 7) is 3.54. The van der Waals surface area contributed by atoms with E-state index in [2.05, 4.69) is 5.32 Å². The van der Waals surface area contributed by atoms with E-state index >= 15 is 0 Å². The molecule has 0 fully saturated rings. The first kappa shape index (κ1) is 31.3. The summed E-state index contributed by atoms with van der Waals surface area (Å²) in [6, 6.07) is 19.5. The Labute approximate surface area is 245 Å². The number of hydrogen-bond donors (Lipinski definition) is 1. The number of sulfonamides is 1. The van der Waals surface area contributed by atoms with Crippen LogP contribution in [-0.2, 0) is 26.2 Å². The average molecular weight is 607 g/mol. The van der Waals surface area contributed by atoms with Crippen LogP contribution in [0.1, 0.15) is 32.3 Å². The zero-order valence-corrected chi connectivity index (χ0v) is 25.0. The number of para-hydroxylation sites is 1. The van der Waals surface area contributed by atoms with Crippen molar-refractivity contribution in [1.82, 2.24) is 10.2 Å². The molecule has 1 N–H and O–H groups in total. The molecule has 2 amide bonds. The van der Waals surface area contributed by atoms with Gasteiger partial charge in [-0.25, -0.2) is 8.42 Å². The highest BCUT2D eigenvalue weighted by Gasteiger charge is 2.30. The van der Waals surface area contributed by atoms with Gasteiger partial charge in [0, 0.05) is 23.1 Å². The number of anilines is 1. The van der Waals surface area contributed by atoms with Crippen molar-refractivity contribution in [3.8, 4) is 11.5 Å². The SMILES string of the molecule is CCCCNC(=O)C(C)N(Cc1ccc(Cl)cc1Cl)C(=O)CN(c1ccc(Oc2ccccc2)cc1)S(C)(=O)=O. The van der Waals surface area contributed by atoms with Crippen LogP contribution in [0.15, 0.2) is 72.8 Å². The fourth-order valence-electron chi connectivity index (χ4n) is 3.87. The lowest BCUT2D eigenvalue weighted by Gasteiger charge is -2.31. The molecule has 0 aliphatic rings. The Morgan fingerprint density at radius 2 is 1.62 bits per heavy atom. The second kappa shape index (κ2) is 14.4. The Hall–Kier alpha value is -3.27. The molecule has 0 bridgehead atoms. The van der Waals surface area contributed by atoms with Crippen LogP contribution in [0, 0.1) is 0 Å². The van der Waals surface area contributed by atoms with Crippen molar-refractivity contribution >= 4 is 50.7 Å². The topological polar surface area (TPSA) is 96.0 Å². The first-order chi connectivity index (χ1) is 19.0. The van der Waals surface area contributed by atoms with E-state index in [4.69, 9.17) is 27.9 Å². The summed E-state index contributed by atoms with van der Waals surface area (Å²) in [7, 11) is -3.87. The average Bonchev–Trinajstić information content (AvgIpc) is 2.91. The number of halogens is 2. The maximum Gasteiger partial charge on any atom is 0.244 e. The Morgan fingerprint density at radius 1 is 0.975 bits per heavy atom. The fourth-order valence-corrected chi connectivity index (χ4v) is 5.19. The van der Waals surface area contributed by atoms with E-state index < -0.39 is 28.5 Å². The van der Waals surface area contributed by atoms with Crippen LogP contribution in [0.3, 0.4) is 0 Å². The smallest absolute Gasteiger partial charge is 0.244 e. The maximum atomic E-state index is 13.7. The standard InChI is InChI=1S/C29H33Cl2N3O5S/c1-4-5-17-32-29(36)21(2)33(19-22-11-12-23(30)18-27(22)31)28(35)20-34(40(3,37)38)24-13-15-26(16-14-24)39-25-9-7-6-8-10-25/h6-16,18,21H,4-5,17,19-20H2,1-3H3,(H,32,36). The van der Waals surface area contributed by atoms with Gasteiger partial charge in [0.15, 0.2) is 0 Å². The highest BCUT2D eigenvalue weighted by atomic mass is 35.5. The number of carbonyl (C=O) groups is 2. The number of unbranched alkanes of at least 4 members (excludes halogenated alkanes) is 1. The lowest BCUT2D eigenvalue weighted by atomic mass is 10.1. The van der Waals surface area contributed by atoms with Gasteiger partial charge in [-0.2, -0.15) is 0 Å². The zero-order chi connectivity index (χ0) is 29.3. The van der Waals surface area contributed by atoms with Crippen molar-refractivity contribution in [2.45, 2.75) is 39.3 Å². The van der Waals surface area contributed by atoms with Crippen LogP contribution in [-0.4, -0.2) is 50.5 Å². The predicted molar refractivity (Wildman–Crippen MR) is 160 cm³/mol. The van der Waals surface area contributed by atoms with Gasteiger partial charge >= 0.3 is 0 Å². The number of rotatable bonds is 13. The van der Waals surface area contributed by atoms with Gasteiger partial charge in [-0.15, -0.1) is 0 Å². The van der Waals surface area contributed by atoms with Gasteiger partial charge in [-0.1, -0.05) is 60.8 Å². The van der Waals surface area contributed by atoms with E-state index in [1.54, 1.807) is 61.5 Å². The minimum absolute atomic E-state index is 0.0152. The third kappa shape index (κ3) is 8.87. The van der Waals surface area contributed by atoms with E-state index in [0.29, 0.717) is 33.7 Å². The molecule has 0 spiro atoms. The van der Waals surface area contributed by atoms with Crippen LogP contribution < -0.4 is 14.4 Å². The van der Waals surface area contributed by atoms with Crippen molar-refractivity contribution in [1.29, 1.82) is 0 Å². The monoisotopic (exact) mass is 605 g/mol. The molecule has 0 radical (unpaired) electrons. The Balaban J connectivity index is 1.86. The highest BCUT2D eigenvalue weighted by Crippen LogP contribution is 2.27. The van der Waals surface area contributed by atoms with Crippen LogP contribution in [0.5, 0.6) is 11.5 Å². The Kier molecular flexibility index (Phi) is 11.2. The van der Waals surface area contributed by atoms with E-state index in [0.717, 1.165) is 23.4 Å². The number of ether oxygens (including phenoxy) is 1. The van der Waals surface area contributed by atoms with Crippen LogP contribution in [0.2, 0.25) is 10.0 Å². The number of hydrogen-bond acceptors (Lipinski definition) is 5.